The van der Waals surface area contributed by atoms with Crippen molar-refractivity contribution in [3.8, 4) is 0 Å². The summed E-state index contributed by atoms with van der Waals surface area (Å²) >= 11 is 1.70. The number of hydrogen-bond donors (Lipinski definition) is 3. The van der Waals surface area contributed by atoms with Crippen LogP contribution in [0.25, 0.3) is 0 Å². The Hall–Kier alpha value is -1.07. The normalized spacial score (nSPS) is 13.3. The number of carbonyl (C=O) groups is 1. The molecule has 4 nitrogen and oxygen atoms in total. The molecule has 114 valence electrons. The second-order valence-electron chi connectivity index (χ2n) is 6.05. The van der Waals surface area contributed by atoms with Crippen LogP contribution >= 0.6 is 11.3 Å². The van der Waals surface area contributed by atoms with Crippen molar-refractivity contribution in [3.63, 3.8) is 0 Å². The molecular formula is C15H26N2O2S. The summed E-state index contributed by atoms with van der Waals surface area (Å²) in [5.41, 5.74) is -0.0736. The van der Waals surface area contributed by atoms with Crippen molar-refractivity contribution in [1.29, 1.82) is 0 Å². The fourth-order valence-electron chi connectivity index (χ4n) is 1.98. The lowest BCUT2D eigenvalue weighted by atomic mass is 9.91. The smallest absolute Gasteiger partial charge is 0.315 e. The molecule has 0 saturated carbocycles. The number of rotatable bonds is 7. The highest BCUT2D eigenvalue weighted by atomic mass is 32.1. The number of thiophene rings is 1. The van der Waals surface area contributed by atoms with E-state index >= 15 is 0 Å². The summed E-state index contributed by atoms with van der Waals surface area (Å²) in [5.74, 6) is 0.304. The summed E-state index contributed by atoms with van der Waals surface area (Å²) in [5, 5.41) is 16.9. The summed E-state index contributed by atoms with van der Waals surface area (Å²) in [6.07, 6.45) is 0.583. The van der Waals surface area contributed by atoms with Crippen LogP contribution in [-0.2, 0) is 5.41 Å². The van der Waals surface area contributed by atoms with Crippen LogP contribution < -0.4 is 10.6 Å². The van der Waals surface area contributed by atoms with Gasteiger partial charge in [-0.05, 0) is 23.8 Å². The number of amides is 2. The molecule has 1 aromatic rings. The number of carbonyl (C=O) groups excluding carboxylic acids is 1. The molecule has 0 fully saturated rings. The van der Waals surface area contributed by atoms with E-state index in [4.69, 9.17) is 5.11 Å². The van der Waals surface area contributed by atoms with Crippen LogP contribution in [0.1, 0.15) is 39.0 Å². The van der Waals surface area contributed by atoms with Gasteiger partial charge in [-0.3, -0.25) is 0 Å². The van der Waals surface area contributed by atoms with Gasteiger partial charge in [0.05, 0.1) is 0 Å². The fraction of sp³-hybridized carbons (Fsp3) is 0.667. The first-order valence-corrected chi connectivity index (χ1v) is 7.94. The van der Waals surface area contributed by atoms with Gasteiger partial charge in [0.1, 0.15) is 0 Å². The summed E-state index contributed by atoms with van der Waals surface area (Å²) in [6, 6.07) is 3.96. The minimum Gasteiger partial charge on any atom is -0.396 e. The van der Waals surface area contributed by atoms with Crippen molar-refractivity contribution < 1.29 is 9.90 Å². The second kappa shape index (κ2) is 7.64. The Morgan fingerprint density at radius 3 is 2.65 bits per heavy atom. The molecule has 3 N–H and O–H groups in total. The van der Waals surface area contributed by atoms with Crippen molar-refractivity contribution >= 4 is 17.4 Å². The van der Waals surface area contributed by atoms with Gasteiger partial charge in [0.15, 0.2) is 0 Å². The number of urea groups is 1. The average Bonchev–Trinajstić information content (AvgIpc) is 2.90. The third-order valence-corrected chi connectivity index (χ3v) is 4.68. The maximum absolute atomic E-state index is 11.9. The van der Waals surface area contributed by atoms with E-state index in [2.05, 4.69) is 30.5 Å². The Balaban J connectivity index is 2.46. The van der Waals surface area contributed by atoms with Crippen molar-refractivity contribution in [3.05, 3.63) is 22.4 Å². The molecule has 2 amide bonds. The van der Waals surface area contributed by atoms with Crippen molar-refractivity contribution in [1.82, 2.24) is 10.6 Å². The predicted molar refractivity (Wildman–Crippen MR) is 84.2 cm³/mol. The van der Waals surface area contributed by atoms with E-state index in [1.807, 2.05) is 25.3 Å². The molecule has 1 rings (SSSR count). The van der Waals surface area contributed by atoms with Gasteiger partial charge < -0.3 is 15.7 Å². The molecule has 0 bridgehead atoms. The van der Waals surface area contributed by atoms with Crippen LogP contribution in [0.4, 0.5) is 4.79 Å². The minimum absolute atomic E-state index is 0.00449. The Morgan fingerprint density at radius 1 is 1.45 bits per heavy atom. The van der Waals surface area contributed by atoms with Crippen LogP contribution in [0.3, 0.4) is 0 Å². The van der Waals surface area contributed by atoms with E-state index in [0.29, 0.717) is 18.9 Å². The first-order chi connectivity index (χ1) is 9.36. The molecule has 0 radical (unpaired) electrons. The second-order valence-corrected chi connectivity index (χ2v) is 7.00. The first kappa shape index (κ1) is 17.0. The monoisotopic (exact) mass is 298 g/mol. The number of aliphatic hydroxyl groups is 1. The van der Waals surface area contributed by atoms with Crippen LogP contribution in [-0.4, -0.2) is 30.3 Å². The zero-order chi connectivity index (χ0) is 15.2. The summed E-state index contributed by atoms with van der Waals surface area (Å²) < 4.78 is 0. The Labute approximate surface area is 125 Å². The van der Waals surface area contributed by atoms with Gasteiger partial charge in [-0.15, -0.1) is 11.3 Å². The van der Waals surface area contributed by atoms with Crippen LogP contribution in [0.15, 0.2) is 17.5 Å². The molecular weight excluding hydrogens is 272 g/mol. The zero-order valence-electron chi connectivity index (χ0n) is 12.8. The van der Waals surface area contributed by atoms with E-state index in [9.17, 15) is 4.79 Å². The largest absolute Gasteiger partial charge is 0.396 e. The van der Waals surface area contributed by atoms with E-state index in [0.717, 1.165) is 0 Å². The molecule has 1 atom stereocenters. The third-order valence-electron chi connectivity index (χ3n) is 3.44. The lowest BCUT2D eigenvalue weighted by Gasteiger charge is -2.26. The molecule has 5 heteroatoms. The average molecular weight is 298 g/mol. The van der Waals surface area contributed by atoms with Gasteiger partial charge in [0.2, 0.25) is 0 Å². The highest BCUT2D eigenvalue weighted by Gasteiger charge is 2.23. The predicted octanol–water partition coefficient (Wildman–Crippen LogP) is 2.73. The van der Waals surface area contributed by atoms with Gasteiger partial charge in [-0.1, -0.05) is 33.8 Å². The Kier molecular flexibility index (Phi) is 6.49. The molecule has 0 aliphatic rings. The van der Waals surface area contributed by atoms with Crippen LogP contribution in [0.5, 0.6) is 0 Å². The first-order valence-electron chi connectivity index (χ1n) is 7.06. The standard InChI is InChI=1S/C15H26N2O2S/c1-11(2)12(7-8-18)17-14(19)16-10-15(3,4)13-6-5-9-20-13/h5-6,9,11-12,18H,7-8,10H2,1-4H3,(H2,16,17,19). The quantitative estimate of drug-likeness (QED) is 0.725. The topological polar surface area (TPSA) is 61.4 Å². The maximum atomic E-state index is 11.9. The molecule has 1 aromatic heterocycles. The van der Waals surface area contributed by atoms with Crippen molar-refractivity contribution in [2.45, 2.75) is 45.6 Å². The molecule has 0 aliphatic heterocycles. The molecule has 0 spiro atoms. The minimum atomic E-state index is -0.165. The summed E-state index contributed by atoms with van der Waals surface area (Å²) in [4.78, 5) is 13.2. The highest BCUT2D eigenvalue weighted by molar-refractivity contribution is 7.10. The third kappa shape index (κ3) is 5.13. The summed E-state index contributed by atoms with van der Waals surface area (Å²) in [6.45, 7) is 8.99. The number of aliphatic hydroxyl groups excluding tert-OH is 1. The van der Waals surface area contributed by atoms with E-state index in [-0.39, 0.29) is 24.1 Å². The Bertz CT molecular complexity index is 402. The van der Waals surface area contributed by atoms with Crippen molar-refractivity contribution in [2.75, 3.05) is 13.2 Å². The molecule has 1 heterocycles. The van der Waals surface area contributed by atoms with E-state index in [1.165, 1.54) is 4.88 Å². The molecule has 1 unspecified atom stereocenters. The SMILES string of the molecule is CC(C)C(CCO)NC(=O)NCC(C)(C)c1cccs1. The number of hydrogen-bond acceptors (Lipinski definition) is 3. The lowest BCUT2D eigenvalue weighted by molar-refractivity contribution is 0.217. The molecule has 0 saturated heterocycles. The van der Waals surface area contributed by atoms with Gasteiger partial charge in [-0.25, -0.2) is 4.79 Å². The molecule has 0 aliphatic carbocycles. The van der Waals surface area contributed by atoms with Crippen LogP contribution in [0.2, 0.25) is 0 Å². The zero-order valence-corrected chi connectivity index (χ0v) is 13.6. The fourth-order valence-corrected chi connectivity index (χ4v) is 2.83. The van der Waals surface area contributed by atoms with Gasteiger partial charge in [-0.2, -0.15) is 0 Å². The molecule has 20 heavy (non-hydrogen) atoms. The van der Waals surface area contributed by atoms with E-state index in [1.54, 1.807) is 11.3 Å². The van der Waals surface area contributed by atoms with Gasteiger partial charge in [0, 0.05) is 29.5 Å². The highest BCUT2D eigenvalue weighted by Crippen LogP contribution is 2.26. The number of nitrogens with one attached hydrogen (secondary N) is 2. The van der Waals surface area contributed by atoms with Crippen molar-refractivity contribution in [2.24, 2.45) is 5.92 Å². The summed E-state index contributed by atoms with van der Waals surface area (Å²) in [7, 11) is 0. The molecule has 0 aromatic carbocycles. The van der Waals surface area contributed by atoms with Gasteiger partial charge in [0.25, 0.3) is 0 Å². The maximum Gasteiger partial charge on any atom is 0.315 e. The Morgan fingerprint density at radius 2 is 2.15 bits per heavy atom. The van der Waals surface area contributed by atoms with Gasteiger partial charge >= 0.3 is 6.03 Å². The van der Waals surface area contributed by atoms with Crippen LogP contribution in [0, 0.1) is 5.92 Å². The van der Waals surface area contributed by atoms with E-state index < -0.39 is 0 Å². The lowest BCUT2D eigenvalue weighted by Crippen LogP contribution is -2.47.